The summed E-state index contributed by atoms with van der Waals surface area (Å²) in [5, 5.41) is 4.05. The third-order valence-electron chi connectivity index (χ3n) is 2.90. The fraction of sp³-hybridized carbons (Fsp3) is 0.286. The molecule has 0 saturated heterocycles. The number of halogens is 2. The molecule has 0 aliphatic rings. The van der Waals surface area contributed by atoms with Crippen LogP contribution in [-0.4, -0.2) is 40.8 Å². The average molecular weight is 295 g/mol. The third kappa shape index (κ3) is 4.27. The minimum Gasteiger partial charge on any atom is -0.435 e. The van der Waals surface area contributed by atoms with Crippen LogP contribution in [0, 0.1) is 0 Å². The van der Waals surface area contributed by atoms with E-state index in [1.54, 1.807) is 22.8 Å². The zero-order valence-corrected chi connectivity index (χ0v) is 11.4. The van der Waals surface area contributed by atoms with E-state index in [4.69, 9.17) is 0 Å². The van der Waals surface area contributed by atoms with Gasteiger partial charge in [-0.1, -0.05) is 0 Å². The van der Waals surface area contributed by atoms with Gasteiger partial charge in [0.15, 0.2) is 0 Å². The van der Waals surface area contributed by atoms with Crippen molar-refractivity contribution < 1.29 is 18.3 Å². The summed E-state index contributed by atoms with van der Waals surface area (Å²) in [6, 6.07) is 7.43. The molecule has 21 heavy (non-hydrogen) atoms. The van der Waals surface area contributed by atoms with Gasteiger partial charge >= 0.3 is 6.61 Å². The Hall–Kier alpha value is -2.44. The molecule has 112 valence electrons. The van der Waals surface area contributed by atoms with Crippen molar-refractivity contribution in [2.75, 3.05) is 13.6 Å². The molecule has 0 aliphatic carbocycles. The number of carbonyl (C=O) groups excluding carboxylic acids is 1. The fourth-order valence-corrected chi connectivity index (χ4v) is 1.79. The van der Waals surface area contributed by atoms with Crippen molar-refractivity contribution in [3.05, 3.63) is 48.3 Å². The standard InChI is InChI=1S/C14H15F2N3O2/c1-18(9-10-19-8-2-7-17-19)13(20)11-3-5-12(6-4-11)21-14(15)16/h2-8,14H,9-10H2,1H3. The SMILES string of the molecule is CN(CCn1cccn1)C(=O)c1ccc(OC(F)F)cc1. The Bertz CT molecular complexity index is 570. The number of ether oxygens (including phenoxy) is 1. The zero-order chi connectivity index (χ0) is 15.2. The largest absolute Gasteiger partial charge is 0.435 e. The van der Waals surface area contributed by atoms with E-state index in [0.717, 1.165) is 0 Å². The first kappa shape index (κ1) is 15.0. The van der Waals surface area contributed by atoms with Gasteiger partial charge in [-0.15, -0.1) is 0 Å². The number of carbonyl (C=O) groups is 1. The predicted molar refractivity (Wildman–Crippen MR) is 72.3 cm³/mol. The van der Waals surface area contributed by atoms with Crippen LogP contribution in [0.4, 0.5) is 8.78 Å². The number of hydrogen-bond donors (Lipinski definition) is 0. The molecule has 0 fully saturated rings. The lowest BCUT2D eigenvalue weighted by Gasteiger charge is -2.17. The van der Waals surface area contributed by atoms with E-state index in [9.17, 15) is 13.6 Å². The Morgan fingerprint density at radius 3 is 2.67 bits per heavy atom. The van der Waals surface area contributed by atoms with Crippen LogP contribution in [-0.2, 0) is 6.54 Å². The number of amides is 1. The first-order chi connectivity index (χ1) is 10.1. The summed E-state index contributed by atoms with van der Waals surface area (Å²) in [7, 11) is 1.68. The molecule has 1 heterocycles. The Morgan fingerprint density at radius 2 is 2.10 bits per heavy atom. The summed E-state index contributed by atoms with van der Waals surface area (Å²) in [4.78, 5) is 13.7. The van der Waals surface area contributed by atoms with Crippen LogP contribution in [0.5, 0.6) is 5.75 Å². The van der Waals surface area contributed by atoms with Gasteiger partial charge in [0, 0.05) is 31.5 Å². The Morgan fingerprint density at radius 1 is 1.38 bits per heavy atom. The monoisotopic (exact) mass is 295 g/mol. The van der Waals surface area contributed by atoms with E-state index in [1.165, 1.54) is 24.3 Å². The first-order valence-corrected chi connectivity index (χ1v) is 6.34. The smallest absolute Gasteiger partial charge is 0.387 e. The Balaban J connectivity index is 1.92. The van der Waals surface area contributed by atoms with Crippen molar-refractivity contribution >= 4 is 5.91 Å². The molecule has 0 saturated carbocycles. The van der Waals surface area contributed by atoms with Gasteiger partial charge in [-0.25, -0.2) is 0 Å². The summed E-state index contributed by atoms with van der Waals surface area (Å²) in [5.74, 6) is -0.161. The molecule has 0 N–H and O–H groups in total. The number of rotatable bonds is 6. The van der Waals surface area contributed by atoms with E-state index in [-0.39, 0.29) is 11.7 Å². The van der Waals surface area contributed by atoms with Gasteiger partial charge < -0.3 is 9.64 Å². The summed E-state index contributed by atoms with van der Waals surface area (Å²) >= 11 is 0. The first-order valence-electron chi connectivity index (χ1n) is 6.34. The second-order valence-corrected chi connectivity index (χ2v) is 4.40. The summed E-state index contributed by atoms with van der Waals surface area (Å²) in [5.41, 5.74) is 0.416. The fourth-order valence-electron chi connectivity index (χ4n) is 1.79. The summed E-state index contributed by atoms with van der Waals surface area (Å²) in [6.07, 6.45) is 3.48. The molecule has 1 aromatic heterocycles. The molecular weight excluding hydrogens is 280 g/mol. The van der Waals surface area contributed by atoms with Crippen molar-refractivity contribution in [2.24, 2.45) is 0 Å². The number of benzene rings is 1. The van der Waals surface area contributed by atoms with Crippen molar-refractivity contribution in [2.45, 2.75) is 13.2 Å². The molecule has 1 amide bonds. The number of aromatic nitrogens is 2. The van der Waals surface area contributed by atoms with Crippen LogP contribution in [0.15, 0.2) is 42.7 Å². The molecule has 7 heteroatoms. The number of alkyl halides is 2. The average Bonchev–Trinajstić information content (AvgIpc) is 2.97. The Labute approximate surface area is 120 Å². The van der Waals surface area contributed by atoms with Crippen LogP contribution in [0.1, 0.15) is 10.4 Å². The van der Waals surface area contributed by atoms with E-state index in [1.807, 2.05) is 12.3 Å². The molecule has 0 radical (unpaired) electrons. The molecule has 0 spiro atoms. The van der Waals surface area contributed by atoms with Crippen LogP contribution in [0.25, 0.3) is 0 Å². The minimum absolute atomic E-state index is 0.0285. The highest BCUT2D eigenvalue weighted by Gasteiger charge is 2.12. The second-order valence-electron chi connectivity index (χ2n) is 4.40. The van der Waals surface area contributed by atoms with Gasteiger partial charge in [0.2, 0.25) is 0 Å². The highest BCUT2D eigenvalue weighted by molar-refractivity contribution is 5.94. The van der Waals surface area contributed by atoms with Gasteiger partial charge in [-0.3, -0.25) is 9.48 Å². The molecule has 2 rings (SSSR count). The lowest BCUT2D eigenvalue weighted by molar-refractivity contribution is -0.0498. The molecule has 0 aliphatic heterocycles. The van der Waals surface area contributed by atoms with Crippen molar-refractivity contribution in [1.82, 2.24) is 14.7 Å². The zero-order valence-electron chi connectivity index (χ0n) is 11.4. The molecule has 2 aromatic rings. The third-order valence-corrected chi connectivity index (χ3v) is 2.90. The van der Waals surface area contributed by atoms with Crippen LogP contribution in [0.2, 0.25) is 0 Å². The molecule has 0 atom stereocenters. The van der Waals surface area contributed by atoms with E-state index in [2.05, 4.69) is 9.84 Å². The quantitative estimate of drug-likeness (QED) is 0.821. The van der Waals surface area contributed by atoms with E-state index >= 15 is 0 Å². The molecule has 1 aromatic carbocycles. The molecule has 5 nitrogen and oxygen atoms in total. The molecule has 0 unspecified atom stereocenters. The molecule has 0 bridgehead atoms. The summed E-state index contributed by atoms with van der Waals surface area (Å²) in [6.45, 7) is -1.79. The van der Waals surface area contributed by atoms with Crippen LogP contribution < -0.4 is 4.74 Å². The maximum atomic E-state index is 12.1. The van der Waals surface area contributed by atoms with Gasteiger partial charge in [0.25, 0.3) is 5.91 Å². The molecular formula is C14H15F2N3O2. The van der Waals surface area contributed by atoms with Crippen LogP contribution >= 0.6 is 0 Å². The van der Waals surface area contributed by atoms with Gasteiger partial charge in [0.1, 0.15) is 5.75 Å². The maximum Gasteiger partial charge on any atom is 0.387 e. The second kappa shape index (κ2) is 6.83. The normalized spacial score (nSPS) is 10.7. The van der Waals surface area contributed by atoms with Gasteiger partial charge in [0.05, 0.1) is 6.54 Å². The summed E-state index contributed by atoms with van der Waals surface area (Å²) < 4.78 is 30.0. The van der Waals surface area contributed by atoms with Crippen LogP contribution in [0.3, 0.4) is 0 Å². The van der Waals surface area contributed by atoms with Gasteiger partial charge in [-0.2, -0.15) is 13.9 Å². The minimum atomic E-state index is -2.87. The topological polar surface area (TPSA) is 47.4 Å². The van der Waals surface area contributed by atoms with Crippen molar-refractivity contribution in [3.8, 4) is 5.75 Å². The highest BCUT2D eigenvalue weighted by atomic mass is 19.3. The van der Waals surface area contributed by atoms with E-state index < -0.39 is 6.61 Å². The van der Waals surface area contributed by atoms with Gasteiger partial charge in [-0.05, 0) is 30.3 Å². The number of nitrogens with zero attached hydrogens (tertiary/aromatic N) is 3. The van der Waals surface area contributed by atoms with Crippen molar-refractivity contribution in [3.63, 3.8) is 0 Å². The lowest BCUT2D eigenvalue weighted by atomic mass is 10.2. The predicted octanol–water partition coefficient (Wildman–Crippen LogP) is 2.26. The number of hydrogen-bond acceptors (Lipinski definition) is 3. The lowest BCUT2D eigenvalue weighted by Crippen LogP contribution is -2.30. The van der Waals surface area contributed by atoms with Crippen molar-refractivity contribution in [1.29, 1.82) is 0 Å². The van der Waals surface area contributed by atoms with E-state index in [0.29, 0.717) is 18.7 Å². The maximum absolute atomic E-state index is 12.1. The Kier molecular flexibility index (Phi) is 4.86. The highest BCUT2D eigenvalue weighted by Crippen LogP contribution is 2.15. The number of likely N-dealkylation sites (N-methyl/N-ethyl adjacent to an activating group) is 1.